The SMILES string of the molecule is C#CC(C)(C)NC1CCCC(C(=O)O)C1. The van der Waals surface area contributed by atoms with Gasteiger partial charge in [0.05, 0.1) is 11.5 Å². The molecule has 0 aromatic rings. The minimum Gasteiger partial charge on any atom is -0.481 e. The molecule has 0 spiro atoms. The van der Waals surface area contributed by atoms with Crippen LogP contribution in [0.4, 0.5) is 0 Å². The van der Waals surface area contributed by atoms with Gasteiger partial charge in [-0.15, -0.1) is 6.42 Å². The van der Waals surface area contributed by atoms with E-state index >= 15 is 0 Å². The van der Waals surface area contributed by atoms with E-state index in [9.17, 15) is 4.79 Å². The molecule has 1 aliphatic rings. The Hall–Kier alpha value is -1.01. The van der Waals surface area contributed by atoms with Gasteiger partial charge < -0.3 is 5.11 Å². The highest BCUT2D eigenvalue weighted by atomic mass is 16.4. The number of hydrogen-bond acceptors (Lipinski definition) is 2. The van der Waals surface area contributed by atoms with E-state index < -0.39 is 5.97 Å². The molecule has 0 aliphatic heterocycles. The van der Waals surface area contributed by atoms with Crippen LogP contribution in [-0.2, 0) is 4.79 Å². The lowest BCUT2D eigenvalue weighted by Gasteiger charge is -2.32. The number of carboxylic acids is 1. The van der Waals surface area contributed by atoms with Crippen molar-refractivity contribution in [2.24, 2.45) is 5.92 Å². The van der Waals surface area contributed by atoms with E-state index in [2.05, 4.69) is 11.2 Å². The summed E-state index contributed by atoms with van der Waals surface area (Å²) in [5, 5.41) is 12.3. The molecule has 1 rings (SSSR count). The van der Waals surface area contributed by atoms with Crippen molar-refractivity contribution < 1.29 is 9.90 Å². The average molecular weight is 209 g/mol. The zero-order chi connectivity index (χ0) is 11.5. The first-order valence-electron chi connectivity index (χ1n) is 5.43. The first kappa shape index (κ1) is 12.1. The Labute approximate surface area is 91.3 Å². The molecule has 0 bridgehead atoms. The summed E-state index contributed by atoms with van der Waals surface area (Å²) in [7, 11) is 0. The topological polar surface area (TPSA) is 49.3 Å². The van der Waals surface area contributed by atoms with Gasteiger partial charge in [0.25, 0.3) is 0 Å². The highest BCUT2D eigenvalue weighted by Crippen LogP contribution is 2.25. The molecule has 84 valence electrons. The molecule has 3 heteroatoms. The summed E-state index contributed by atoms with van der Waals surface area (Å²) in [5.74, 6) is 1.79. The minimum absolute atomic E-state index is 0.204. The van der Waals surface area contributed by atoms with Gasteiger partial charge in [-0.1, -0.05) is 12.3 Å². The highest BCUT2D eigenvalue weighted by Gasteiger charge is 2.29. The smallest absolute Gasteiger partial charge is 0.306 e. The van der Waals surface area contributed by atoms with Crippen molar-refractivity contribution in [3.05, 3.63) is 0 Å². The lowest BCUT2D eigenvalue weighted by Crippen LogP contribution is -2.47. The van der Waals surface area contributed by atoms with Crippen molar-refractivity contribution in [1.29, 1.82) is 0 Å². The number of carbonyl (C=O) groups is 1. The van der Waals surface area contributed by atoms with E-state index in [-0.39, 0.29) is 17.5 Å². The summed E-state index contributed by atoms with van der Waals surface area (Å²) < 4.78 is 0. The fourth-order valence-electron chi connectivity index (χ4n) is 2.10. The molecule has 0 aromatic carbocycles. The maximum absolute atomic E-state index is 10.9. The lowest BCUT2D eigenvalue weighted by atomic mass is 9.84. The zero-order valence-corrected chi connectivity index (χ0v) is 9.42. The maximum atomic E-state index is 10.9. The van der Waals surface area contributed by atoms with Gasteiger partial charge in [-0.3, -0.25) is 10.1 Å². The van der Waals surface area contributed by atoms with E-state index in [4.69, 9.17) is 11.5 Å². The van der Waals surface area contributed by atoms with Gasteiger partial charge in [-0.05, 0) is 33.1 Å². The maximum Gasteiger partial charge on any atom is 0.306 e. The molecule has 0 heterocycles. The van der Waals surface area contributed by atoms with Gasteiger partial charge in [0.15, 0.2) is 0 Å². The van der Waals surface area contributed by atoms with Gasteiger partial charge in [0.1, 0.15) is 0 Å². The van der Waals surface area contributed by atoms with Gasteiger partial charge in [0, 0.05) is 6.04 Å². The van der Waals surface area contributed by atoms with Crippen LogP contribution in [0.15, 0.2) is 0 Å². The number of aliphatic carboxylic acids is 1. The second-order valence-electron chi connectivity index (χ2n) is 4.81. The molecule has 2 N–H and O–H groups in total. The number of hydrogen-bond donors (Lipinski definition) is 2. The van der Waals surface area contributed by atoms with Gasteiger partial charge in [-0.2, -0.15) is 0 Å². The lowest BCUT2D eigenvalue weighted by molar-refractivity contribution is -0.143. The second kappa shape index (κ2) is 4.67. The van der Waals surface area contributed by atoms with Crippen molar-refractivity contribution in [3.63, 3.8) is 0 Å². The van der Waals surface area contributed by atoms with Crippen LogP contribution in [0.2, 0.25) is 0 Å². The van der Waals surface area contributed by atoms with Crippen LogP contribution < -0.4 is 5.32 Å². The van der Waals surface area contributed by atoms with Crippen molar-refractivity contribution in [1.82, 2.24) is 5.32 Å². The summed E-state index contributed by atoms with van der Waals surface area (Å²) in [6.07, 6.45) is 8.87. The van der Waals surface area contributed by atoms with Gasteiger partial charge >= 0.3 is 5.97 Å². The van der Waals surface area contributed by atoms with Crippen LogP contribution in [0.3, 0.4) is 0 Å². The van der Waals surface area contributed by atoms with Crippen molar-refractivity contribution in [3.8, 4) is 12.3 Å². The van der Waals surface area contributed by atoms with Crippen molar-refractivity contribution >= 4 is 5.97 Å². The Kier molecular flexibility index (Phi) is 3.76. The predicted octanol–water partition coefficient (Wildman–Crippen LogP) is 1.63. The molecule has 15 heavy (non-hydrogen) atoms. The third-order valence-corrected chi connectivity index (χ3v) is 2.95. The molecule has 0 aromatic heterocycles. The monoisotopic (exact) mass is 209 g/mol. The summed E-state index contributed by atoms with van der Waals surface area (Å²) >= 11 is 0. The van der Waals surface area contributed by atoms with Crippen molar-refractivity contribution in [2.45, 2.75) is 51.1 Å². The minimum atomic E-state index is -0.681. The largest absolute Gasteiger partial charge is 0.481 e. The second-order valence-corrected chi connectivity index (χ2v) is 4.81. The van der Waals surface area contributed by atoms with E-state index in [0.29, 0.717) is 6.42 Å². The molecule has 1 saturated carbocycles. The Bertz CT molecular complexity index is 278. The third-order valence-electron chi connectivity index (χ3n) is 2.95. The Balaban J connectivity index is 2.51. The molecule has 1 fully saturated rings. The van der Waals surface area contributed by atoms with E-state index in [1.54, 1.807) is 0 Å². The first-order valence-corrected chi connectivity index (χ1v) is 5.43. The van der Waals surface area contributed by atoms with Crippen molar-refractivity contribution in [2.75, 3.05) is 0 Å². The molecule has 0 radical (unpaired) electrons. The molecule has 1 aliphatic carbocycles. The first-order chi connectivity index (χ1) is 6.94. The molecule has 2 atom stereocenters. The standard InChI is InChI=1S/C12H19NO2/c1-4-12(2,3)13-10-7-5-6-9(8-10)11(14)15/h1,9-10,13H,5-8H2,2-3H3,(H,14,15). The van der Waals surface area contributed by atoms with Crippen LogP contribution in [0, 0.1) is 18.3 Å². The van der Waals surface area contributed by atoms with E-state index in [1.165, 1.54) is 0 Å². The normalized spacial score (nSPS) is 27.0. The Morgan fingerprint density at radius 2 is 2.20 bits per heavy atom. The average Bonchev–Trinajstić information content (AvgIpc) is 2.17. The third kappa shape index (κ3) is 3.56. The van der Waals surface area contributed by atoms with Gasteiger partial charge in [-0.25, -0.2) is 0 Å². The number of rotatable bonds is 3. The summed E-state index contributed by atoms with van der Waals surface area (Å²) in [6.45, 7) is 3.88. The van der Waals surface area contributed by atoms with Crippen LogP contribution in [0.1, 0.15) is 39.5 Å². The van der Waals surface area contributed by atoms with E-state index in [0.717, 1.165) is 19.3 Å². The summed E-state index contributed by atoms with van der Waals surface area (Å²) in [6, 6.07) is 0.242. The quantitative estimate of drug-likeness (QED) is 0.695. The predicted molar refractivity (Wildman–Crippen MR) is 59.4 cm³/mol. The van der Waals surface area contributed by atoms with Gasteiger partial charge in [0.2, 0.25) is 0 Å². The fraction of sp³-hybridized carbons (Fsp3) is 0.750. The molecular formula is C12H19NO2. The molecular weight excluding hydrogens is 190 g/mol. The highest BCUT2D eigenvalue weighted by molar-refractivity contribution is 5.70. The Morgan fingerprint density at radius 3 is 2.73 bits per heavy atom. The molecule has 0 saturated heterocycles. The number of terminal acetylenes is 1. The summed E-state index contributed by atoms with van der Waals surface area (Å²) in [4.78, 5) is 10.9. The van der Waals surface area contributed by atoms with Crippen LogP contribution in [-0.4, -0.2) is 22.7 Å². The van der Waals surface area contributed by atoms with Crippen LogP contribution in [0.5, 0.6) is 0 Å². The molecule has 3 nitrogen and oxygen atoms in total. The van der Waals surface area contributed by atoms with E-state index in [1.807, 2.05) is 13.8 Å². The summed E-state index contributed by atoms with van der Waals surface area (Å²) in [5.41, 5.74) is -0.342. The molecule has 2 unspecified atom stereocenters. The Morgan fingerprint density at radius 1 is 1.53 bits per heavy atom. The molecule has 0 amide bonds. The zero-order valence-electron chi connectivity index (χ0n) is 9.42. The number of carboxylic acid groups (broad SMARTS) is 1. The van der Waals surface area contributed by atoms with Crippen LogP contribution >= 0.6 is 0 Å². The van der Waals surface area contributed by atoms with Crippen LogP contribution in [0.25, 0.3) is 0 Å². The number of nitrogens with one attached hydrogen (secondary N) is 1. The fourth-order valence-corrected chi connectivity index (χ4v) is 2.10.